The van der Waals surface area contributed by atoms with Crippen LogP contribution in [0.2, 0.25) is 0 Å². The lowest BCUT2D eigenvalue weighted by molar-refractivity contribution is -0.134. The molecule has 0 aliphatic carbocycles. The van der Waals surface area contributed by atoms with E-state index in [0.29, 0.717) is 31.8 Å². The fourth-order valence-electron chi connectivity index (χ4n) is 2.79. The summed E-state index contributed by atoms with van der Waals surface area (Å²) in [6.07, 6.45) is 3.01. The number of benzene rings is 2. The maximum atomic E-state index is 12.3. The summed E-state index contributed by atoms with van der Waals surface area (Å²) in [5.41, 5.74) is 2.96. The van der Waals surface area contributed by atoms with Gasteiger partial charge in [0.25, 0.3) is 0 Å². The first-order valence-electron chi connectivity index (χ1n) is 9.70. The first-order chi connectivity index (χ1) is 13.0. The molecule has 0 aromatic heterocycles. The number of aryl methyl sites for hydroxylation is 3. The standard InChI is InChI=1S/C23H30O4/c1-5-7-15-26-20-13-11-19(16-21(20)25-6-2)12-14-22(24)27-23-17(3)9-8-10-18(23)4/h8-11,13,16H,5-7,12,14-15H2,1-4H3. The summed E-state index contributed by atoms with van der Waals surface area (Å²) in [6, 6.07) is 11.7. The van der Waals surface area contributed by atoms with E-state index in [1.807, 2.05) is 57.2 Å². The van der Waals surface area contributed by atoms with Crippen LogP contribution in [0.3, 0.4) is 0 Å². The molecule has 27 heavy (non-hydrogen) atoms. The van der Waals surface area contributed by atoms with Crippen molar-refractivity contribution in [1.29, 1.82) is 0 Å². The maximum absolute atomic E-state index is 12.3. The molecule has 0 radical (unpaired) electrons. The van der Waals surface area contributed by atoms with E-state index >= 15 is 0 Å². The van der Waals surface area contributed by atoms with Crippen molar-refractivity contribution < 1.29 is 19.0 Å². The molecule has 0 aliphatic rings. The van der Waals surface area contributed by atoms with Crippen LogP contribution in [-0.4, -0.2) is 19.2 Å². The van der Waals surface area contributed by atoms with Crippen molar-refractivity contribution >= 4 is 5.97 Å². The zero-order chi connectivity index (χ0) is 19.6. The molecule has 0 fully saturated rings. The monoisotopic (exact) mass is 370 g/mol. The van der Waals surface area contributed by atoms with Gasteiger partial charge in [0.05, 0.1) is 13.2 Å². The molecule has 0 heterocycles. The third-order valence-electron chi connectivity index (χ3n) is 4.31. The molecule has 0 atom stereocenters. The lowest BCUT2D eigenvalue weighted by Crippen LogP contribution is -2.11. The van der Waals surface area contributed by atoms with Gasteiger partial charge in [0.1, 0.15) is 5.75 Å². The topological polar surface area (TPSA) is 44.8 Å². The van der Waals surface area contributed by atoms with Gasteiger partial charge in [-0.3, -0.25) is 4.79 Å². The van der Waals surface area contributed by atoms with Crippen LogP contribution < -0.4 is 14.2 Å². The number of carbonyl (C=O) groups excluding carboxylic acids is 1. The maximum Gasteiger partial charge on any atom is 0.311 e. The van der Waals surface area contributed by atoms with Gasteiger partial charge in [-0.2, -0.15) is 0 Å². The number of esters is 1. The third-order valence-corrected chi connectivity index (χ3v) is 4.31. The predicted octanol–water partition coefficient (Wildman–Crippen LogP) is 5.42. The van der Waals surface area contributed by atoms with Crippen LogP contribution in [0.15, 0.2) is 36.4 Å². The zero-order valence-corrected chi connectivity index (χ0v) is 16.8. The minimum atomic E-state index is -0.228. The largest absolute Gasteiger partial charge is 0.490 e. The molecule has 4 nitrogen and oxygen atoms in total. The lowest BCUT2D eigenvalue weighted by Gasteiger charge is -2.13. The summed E-state index contributed by atoms with van der Waals surface area (Å²) in [5.74, 6) is 1.92. The Balaban J connectivity index is 1.98. The molecule has 4 heteroatoms. The van der Waals surface area contributed by atoms with Gasteiger partial charge in [0.2, 0.25) is 0 Å². The molecular formula is C23H30O4. The highest BCUT2D eigenvalue weighted by molar-refractivity contribution is 5.73. The quantitative estimate of drug-likeness (QED) is 0.318. The van der Waals surface area contributed by atoms with E-state index in [-0.39, 0.29) is 5.97 Å². The average molecular weight is 370 g/mol. The molecule has 146 valence electrons. The molecule has 0 saturated carbocycles. The smallest absolute Gasteiger partial charge is 0.311 e. The number of unbranched alkanes of at least 4 members (excludes halogenated alkanes) is 1. The van der Waals surface area contributed by atoms with Crippen molar-refractivity contribution in [1.82, 2.24) is 0 Å². The minimum absolute atomic E-state index is 0.228. The number of hydrogen-bond donors (Lipinski definition) is 0. The van der Waals surface area contributed by atoms with Crippen molar-refractivity contribution in [3.05, 3.63) is 53.1 Å². The minimum Gasteiger partial charge on any atom is -0.490 e. The van der Waals surface area contributed by atoms with Crippen LogP contribution in [0.25, 0.3) is 0 Å². The number of ether oxygens (including phenoxy) is 3. The van der Waals surface area contributed by atoms with Crippen LogP contribution >= 0.6 is 0 Å². The van der Waals surface area contributed by atoms with Crippen LogP contribution in [0, 0.1) is 13.8 Å². The highest BCUT2D eigenvalue weighted by Crippen LogP contribution is 2.29. The number of carbonyl (C=O) groups is 1. The van der Waals surface area contributed by atoms with Gasteiger partial charge in [-0.25, -0.2) is 0 Å². The summed E-state index contributed by atoms with van der Waals surface area (Å²) in [5, 5.41) is 0. The van der Waals surface area contributed by atoms with Gasteiger partial charge in [-0.05, 0) is 62.4 Å². The SMILES string of the molecule is CCCCOc1ccc(CCC(=O)Oc2c(C)cccc2C)cc1OCC. The Bertz CT molecular complexity index is 732. The van der Waals surface area contributed by atoms with E-state index in [9.17, 15) is 4.79 Å². The Morgan fingerprint density at radius 1 is 0.963 bits per heavy atom. The van der Waals surface area contributed by atoms with Gasteiger partial charge in [-0.15, -0.1) is 0 Å². The molecular weight excluding hydrogens is 340 g/mol. The second kappa shape index (κ2) is 10.6. The van der Waals surface area contributed by atoms with Gasteiger partial charge < -0.3 is 14.2 Å². The fraction of sp³-hybridized carbons (Fsp3) is 0.435. The Labute approximate surface area is 162 Å². The Morgan fingerprint density at radius 2 is 1.70 bits per heavy atom. The van der Waals surface area contributed by atoms with E-state index in [4.69, 9.17) is 14.2 Å². The Kier molecular flexibility index (Phi) is 8.18. The lowest BCUT2D eigenvalue weighted by atomic mass is 10.1. The van der Waals surface area contributed by atoms with Crippen molar-refractivity contribution in [2.75, 3.05) is 13.2 Å². The Hall–Kier alpha value is -2.49. The van der Waals surface area contributed by atoms with E-state index in [0.717, 1.165) is 41.0 Å². The molecule has 0 unspecified atom stereocenters. The zero-order valence-electron chi connectivity index (χ0n) is 16.8. The van der Waals surface area contributed by atoms with Gasteiger partial charge >= 0.3 is 5.97 Å². The summed E-state index contributed by atoms with van der Waals surface area (Å²) in [6.45, 7) is 9.22. The first kappa shape index (κ1) is 20.8. The van der Waals surface area contributed by atoms with Crippen molar-refractivity contribution in [3.8, 4) is 17.2 Å². The van der Waals surface area contributed by atoms with Crippen molar-refractivity contribution in [3.63, 3.8) is 0 Å². The van der Waals surface area contributed by atoms with Crippen molar-refractivity contribution in [2.45, 2.75) is 53.4 Å². The van der Waals surface area contributed by atoms with E-state index in [1.165, 1.54) is 0 Å². The summed E-state index contributed by atoms with van der Waals surface area (Å²) in [7, 11) is 0. The molecule has 0 saturated heterocycles. The van der Waals surface area contributed by atoms with Gasteiger partial charge in [0.15, 0.2) is 11.5 Å². The predicted molar refractivity (Wildman–Crippen MR) is 108 cm³/mol. The molecule has 2 rings (SSSR count). The average Bonchev–Trinajstić information content (AvgIpc) is 2.65. The van der Waals surface area contributed by atoms with Crippen LogP contribution in [0.4, 0.5) is 0 Å². The molecule has 2 aromatic rings. The van der Waals surface area contributed by atoms with Gasteiger partial charge in [-0.1, -0.05) is 37.6 Å². The fourth-order valence-corrected chi connectivity index (χ4v) is 2.79. The second-order valence-corrected chi connectivity index (χ2v) is 6.61. The van der Waals surface area contributed by atoms with Crippen LogP contribution in [0.5, 0.6) is 17.2 Å². The highest BCUT2D eigenvalue weighted by Gasteiger charge is 2.12. The van der Waals surface area contributed by atoms with Crippen LogP contribution in [-0.2, 0) is 11.2 Å². The van der Waals surface area contributed by atoms with E-state index < -0.39 is 0 Å². The number of hydrogen-bond acceptors (Lipinski definition) is 4. The molecule has 2 aromatic carbocycles. The summed E-state index contributed by atoms with van der Waals surface area (Å²) < 4.78 is 17.1. The molecule has 0 aliphatic heterocycles. The Morgan fingerprint density at radius 3 is 2.37 bits per heavy atom. The normalized spacial score (nSPS) is 10.5. The van der Waals surface area contributed by atoms with Crippen molar-refractivity contribution in [2.24, 2.45) is 0 Å². The van der Waals surface area contributed by atoms with E-state index in [2.05, 4.69) is 6.92 Å². The molecule has 0 spiro atoms. The second-order valence-electron chi connectivity index (χ2n) is 6.61. The third kappa shape index (κ3) is 6.31. The highest BCUT2D eigenvalue weighted by atomic mass is 16.5. The number of para-hydroxylation sites is 1. The molecule has 0 amide bonds. The molecule has 0 N–H and O–H groups in total. The molecule has 0 bridgehead atoms. The summed E-state index contributed by atoms with van der Waals surface area (Å²) in [4.78, 5) is 12.3. The first-order valence-corrected chi connectivity index (χ1v) is 9.70. The van der Waals surface area contributed by atoms with Crippen LogP contribution in [0.1, 0.15) is 49.8 Å². The van der Waals surface area contributed by atoms with Gasteiger partial charge in [0, 0.05) is 6.42 Å². The summed E-state index contributed by atoms with van der Waals surface area (Å²) >= 11 is 0. The number of rotatable bonds is 10. The van der Waals surface area contributed by atoms with E-state index in [1.54, 1.807) is 0 Å².